The van der Waals surface area contributed by atoms with Gasteiger partial charge in [0.05, 0.1) is 0 Å². The highest BCUT2D eigenvalue weighted by atomic mass is 16.5. The second-order valence-electron chi connectivity index (χ2n) is 9.82. The zero-order valence-corrected chi connectivity index (χ0v) is 18.6. The van der Waals surface area contributed by atoms with Gasteiger partial charge in [0.25, 0.3) is 0 Å². The molecular formula is C26H31NO4. The number of carbonyl (C=O) groups excluding carboxylic acids is 1. The summed E-state index contributed by atoms with van der Waals surface area (Å²) in [6.45, 7) is 8.49. The first-order valence-corrected chi connectivity index (χ1v) is 11.0. The van der Waals surface area contributed by atoms with E-state index in [2.05, 4.69) is 50.4 Å². The number of nitrogens with one attached hydrogen (secondary N) is 1. The molecule has 1 fully saturated rings. The molecule has 0 aliphatic heterocycles. The van der Waals surface area contributed by atoms with E-state index in [9.17, 15) is 14.7 Å². The maximum absolute atomic E-state index is 12.7. The average molecular weight is 422 g/mol. The molecule has 0 heterocycles. The van der Waals surface area contributed by atoms with Crippen LogP contribution in [0.2, 0.25) is 0 Å². The molecule has 2 aromatic rings. The summed E-state index contributed by atoms with van der Waals surface area (Å²) >= 11 is 0. The van der Waals surface area contributed by atoms with Crippen LogP contribution in [0.15, 0.2) is 48.5 Å². The van der Waals surface area contributed by atoms with E-state index in [1.54, 1.807) is 0 Å². The quantitative estimate of drug-likeness (QED) is 0.674. The Labute approximate surface area is 183 Å². The van der Waals surface area contributed by atoms with Gasteiger partial charge < -0.3 is 15.2 Å². The van der Waals surface area contributed by atoms with E-state index in [0.29, 0.717) is 5.92 Å². The lowest BCUT2D eigenvalue weighted by molar-refractivity contribution is -0.145. The van der Waals surface area contributed by atoms with Crippen LogP contribution < -0.4 is 5.32 Å². The topological polar surface area (TPSA) is 75.6 Å². The molecule has 1 saturated carbocycles. The zero-order valence-electron chi connectivity index (χ0n) is 18.6. The summed E-state index contributed by atoms with van der Waals surface area (Å²) < 4.78 is 5.61. The van der Waals surface area contributed by atoms with Crippen LogP contribution >= 0.6 is 0 Å². The van der Waals surface area contributed by atoms with Gasteiger partial charge in [0, 0.05) is 11.3 Å². The van der Waals surface area contributed by atoms with Crippen LogP contribution in [0.4, 0.5) is 4.79 Å². The highest BCUT2D eigenvalue weighted by molar-refractivity contribution is 5.82. The Morgan fingerprint density at radius 3 is 2.10 bits per heavy atom. The number of ether oxygens (including phenoxy) is 1. The second kappa shape index (κ2) is 7.70. The molecule has 3 atom stereocenters. The van der Waals surface area contributed by atoms with Crippen molar-refractivity contribution in [2.75, 3.05) is 6.61 Å². The SMILES string of the molecule is C[C@H]1CC[C@@](C)([C@@H](NC(=O)OCC2c3ccccc3-c3ccccc32)C(=O)O)C1(C)C. The van der Waals surface area contributed by atoms with Crippen molar-refractivity contribution in [3.63, 3.8) is 0 Å². The molecule has 2 aliphatic rings. The fourth-order valence-electron chi connectivity index (χ4n) is 5.53. The minimum absolute atomic E-state index is 0.0556. The Bertz CT molecular complexity index is 968. The molecular weight excluding hydrogens is 390 g/mol. The summed E-state index contributed by atoms with van der Waals surface area (Å²) in [5.74, 6) is -0.693. The Morgan fingerprint density at radius 1 is 1.06 bits per heavy atom. The molecule has 31 heavy (non-hydrogen) atoms. The molecule has 2 aliphatic carbocycles. The molecule has 0 spiro atoms. The maximum atomic E-state index is 12.7. The van der Waals surface area contributed by atoms with Gasteiger partial charge >= 0.3 is 12.1 Å². The first-order valence-electron chi connectivity index (χ1n) is 11.0. The van der Waals surface area contributed by atoms with E-state index in [1.165, 1.54) is 0 Å². The number of carbonyl (C=O) groups is 2. The third-order valence-corrected chi connectivity index (χ3v) is 8.29. The van der Waals surface area contributed by atoms with Crippen molar-refractivity contribution in [3.05, 3.63) is 59.7 Å². The van der Waals surface area contributed by atoms with Gasteiger partial charge in [-0.2, -0.15) is 0 Å². The first-order chi connectivity index (χ1) is 14.7. The minimum atomic E-state index is -1.02. The van der Waals surface area contributed by atoms with E-state index < -0.39 is 23.5 Å². The fourth-order valence-corrected chi connectivity index (χ4v) is 5.53. The lowest BCUT2D eigenvalue weighted by Crippen LogP contribution is -2.56. The van der Waals surface area contributed by atoms with Crippen LogP contribution in [-0.2, 0) is 9.53 Å². The monoisotopic (exact) mass is 421 g/mol. The van der Waals surface area contributed by atoms with Crippen molar-refractivity contribution in [2.45, 2.75) is 52.5 Å². The van der Waals surface area contributed by atoms with E-state index >= 15 is 0 Å². The van der Waals surface area contributed by atoms with Gasteiger partial charge in [-0.15, -0.1) is 0 Å². The van der Waals surface area contributed by atoms with Crippen molar-refractivity contribution in [3.8, 4) is 11.1 Å². The number of alkyl carbamates (subject to hydrolysis) is 1. The van der Waals surface area contributed by atoms with Gasteiger partial charge in [0.1, 0.15) is 12.6 Å². The third-order valence-electron chi connectivity index (χ3n) is 8.29. The van der Waals surface area contributed by atoms with E-state index in [4.69, 9.17) is 4.74 Å². The number of carboxylic acids is 1. The zero-order chi connectivity index (χ0) is 22.4. The molecule has 0 aromatic heterocycles. The molecule has 1 amide bonds. The summed E-state index contributed by atoms with van der Waals surface area (Å²) in [5.41, 5.74) is 3.80. The number of benzene rings is 2. The van der Waals surface area contributed by atoms with Crippen molar-refractivity contribution in [2.24, 2.45) is 16.7 Å². The Balaban J connectivity index is 1.50. The Morgan fingerprint density at radius 2 is 1.61 bits per heavy atom. The van der Waals surface area contributed by atoms with Crippen LogP contribution in [0, 0.1) is 16.7 Å². The fraction of sp³-hybridized carbons (Fsp3) is 0.462. The maximum Gasteiger partial charge on any atom is 0.407 e. The molecule has 4 rings (SSSR count). The molecule has 0 radical (unpaired) electrons. The molecule has 164 valence electrons. The smallest absolute Gasteiger partial charge is 0.407 e. The predicted molar refractivity (Wildman–Crippen MR) is 120 cm³/mol. The number of fused-ring (bicyclic) bond motifs is 3. The van der Waals surface area contributed by atoms with Crippen LogP contribution in [0.5, 0.6) is 0 Å². The number of amides is 1. The van der Waals surface area contributed by atoms with Crippen molar-refractivity contribution in [1.82, 2.24) is 5.32 Å². The van der Waals surface area contributed by atoms with E-state index in [-0.39, 0.29) is 17.9 Å². The minimum Gasteiger partial charge on any atom is -0.480 e. The number of hydrogen-bond donors (Lipinski definition) is 2. The van der Waals surface area contributed by atoms with Gasteiger partial charge in [-0.25, -0.2) is 9.59 Å². The van der Waals surface area contributed by atoms with Crippen LogP contribution in [-0.4, -0.2) is 29.8 Å². The Hall–Kier alpha value is -2.82. The second-order valence-corrected chi connectivity index (χ2v) is 9.82. The van der Waals surface area contributed by atoms with E-state index in [1.807, 2.05) is 31.2 Å². The molecule has 5 nitrogen and oxygen atoms in total. The van der Waals surface area contributed by atoms with Gasteiger partial charge in [-0.05, 0) is 46.4 Å². The van der Waals surface area contributed by atoms with Crippen molar-refractivity contribution < 1.29 is 19.4 Å². The number of carboxylic acid groups (broad SMARTS) is 1. The molecule has 5 heteroatoms. The molecule has 0 unspecified atom stereocenters. The van der Waals surface area contributed by atoms with Crippen molar-refractivity contribution in [1.29, 1.82) is 0 Å². The molecule has 2 N–H and O–H groups in total. The largest absolute Gasteiger partial charge is 0.480 e. The highest BCUT2D eigenvalue weighted by Crippen LogP contribution is 2.57. The summed E-state index contributed by atoms with van der Waals surface area (Å²) in [5, 5.41) is 12.6. The number of aliphatic carboxylic acids is 1. The molecule has 0 bridgehead atoms. The van der Waals surface area contributed by atoms with Crippen LogP contribution in [0.25, 0.3) is 11.1 Å². The first kappa shape index (κ1) is 21.4. The Kier molecular flexibility index (Phi) is 5.32. The molecule has 2 aromatic carbocycles. The van der Waals surface area contributed by atoms with Gasteiger partial charge in [0.15, 0.2) is 0 Å². The van der Waals surface area contributed by atoms with Crippen LogP contribution in [0.3, 0.4) is 0 Å². The van der Waals surface area contributed by atoms with Gasteiger partial charge in [-0.3, -0.25) is 0 Å². The normalized spacial score (nSPS) is 24.8. The van der Waals surface area contributed by atoms with Gasteiger partial charge in [0.2, 0.25) is 0 Å². The van der Waals surface area contributed by atoms with Gasteiger partial charge in [-0.1, -0.05) is 76.2 Å². The number of hydrogen-bond acceptors (Lipinski definition) is 3. The van der Waals surface area contributed by atoms with Crippen LogP contribution in [0.1, 0.15) is 57.6 Å². The average Bonchev–Trinajstić information content (AvgIpc) is 3.17. The summed E-state index contributed by atoms with van der Waals surface area (Å²) in [6.07, 6.45) is 1.02. The molecule has 0 saturated heterocycles. The van der Waals surface area contributed by atoms with E-state index in [0.717, 1.165) is 35.1 Å². The third kappa shape index (κ3) is 3.40. The predicted octanol–water partition coefficient (Wildman–Crippen LogP) is 5.44. The summed E-state index contributed by atoms with van der Waals surface area (Å²) in [6, 6.07) is 15.3. The summed E-state index contributed by atoms with van der Waals surface area (Å²) in [4.78, 5) is 24.9. The highest BCUT2D eigenvalue weighted by Gasteiger charge is 2.56. The lowest BCUT2D eigenvalue weighted by atomic mass is 9.62. The number of rotatable bonds is 5. The summed E-state index contributed by atoms with van der Waals surface area (Å²) in [7, 11) is 0. The lowest BCUT2D eigenvalue weighted by Gasteiger charge is -2.44. The standard InChI is InChI=1S/C26H31NO4/c1-16-13-14-26(4,25(16,2)3)22(23(28)29)27-24(30)31-15-21-19-11-7-5-9-17(19)18-10-6-8-12-20(18)21/h5-12,16,21-22H,13-15H2,1-4H3,(H,27,30)(H,28,29)/t16-,22-,26-/m0/s1. The van der Waals surface area contributed by atoms with Crippen molar-refractivity contribution >= 4 is 12.1 Å².